The van der Waals surface area contributed by atoms with Gasteiger partial charge < -0.3 is 0 Å². The maximum Gasteiger partial charge on any atom is 0.411 e. The average molecular weight is 385 g/mol. The van der Waals surface area contributed by atoms with Gasteiger partial charge in [0, 0.05) is 12.0 Å². The molecule has 0 amide bonds. The van der Waals surface area contributed by atoms with Crippen molar-refractivity contribution in [2.75, 3.05) is 0 Å². The summed E-state index contributed by atoms with van der Waals surface area (Å²) in [6.07, 6.45) is -4.72. The lowest BCUT2D eigenvalue weighted by Crippen LogP contribution is -2.53. The van der Waals surface area contributed by atoms with Crippen molar-refractivity contribution in [2.24, 2.45) is 0 Å². The van der Waals surface area contributed by atoms with Gasteiger partial charge in [-0.25, -0.2) is 8.42 Å². The summed E-state index contributed by atoms with van der Waals surface area (Å²) in [5.41, 5.74) is -2.93. The number of rotatable bonds is 6. The van der Waals surface area contributed by atoms with Crippen LogP contribution in [0.1, 0.15) is 36.2 Å². The third-order valence-corrected chi connectivity index (χ3v) is 5.60. The molecule has 0 aromatic heterocycles. The largest absolute Gasteiger partial charge is 0.411 e. The Bertz CT molecular complexity index is 895. The van der Waals surface area contributed by atoms with Crippen LogP contribution >= 0.6 is 0 Å². The summed E-state index contributed by atoms with van der Waals surface area (Å²) in [6, 6.07) is 11.7. The maximum atomic E-state index is 13.7. The van der Waals surface area contributed by atoms with Gasteiger partial charge in [-0.15, -0.1) is 0 Å². The smallest absolute Gasteiger partial charge is 0.294 e. The van der Waals surface area contributed by atoms with Crippen LogP contribution in [0.15, 0.2) is 59.5 Å². The summed E-state index contributed by atoms with van der Waals surface area (Å²) < 4.78 is 68.1. The number of halogens is 3. The van der Waals surface area contributed by atoms with E-state index in [0.29, 0.717) is 0 Å². The number of benzene rings is 2. The first-order chi connectivity index (χ1) is 12.0. The van der Waals surface area contributed by atoms with Crippen molar-refractivity contribution in [3.05, 3.63) is 65.7 Å². The van der Waals surface area contributed by atoms with E-state index in [2.05, 4.69) is 0 Å². The van der Waals surface area contributed by atoms with Gasteiger partial charge in [0.25, 0.3) is 0 Å². The van der Waals surface area contributed by atoms with Gasteiger partial charge in [0.15, 0.2) is 11.3 Å². The summed E-state index contributed by atoms with van der Waals surface area (Å²) >= 11 is 0. The monoisotopic (exact) mass is 385 g/mol. The van der Waals surface area contributed by atoms with E-state index in [1.807, 2.05) is 0 Å². The minimum Gasteiger partial charge on any atom is -0.294 e. The summed E-state index contributed by atoms with van der Waals surface area (Å²) in [7, 11) is -4.54. The summed E-state index contributed by atoms with van der Waals surface area (Å²) in [6.45, 7) is 2.37. The molecule has 1 N–H and O–H groups in total. The molecule has 140 valence electrons. The van der Waals surface area contributed by atoms with Crippen molar-refractivity contribution in [1.82, 2.24) is 4.72 Å². The van der Waals surface area contributed by atoms with Crippen LogP contribution < -0.4 is 4.72 Å². The highest BCUT2D eigenvalue weighted by Gasteiger charge is 2.54. The molecule has 0 saturated heterocycles. The molecular formula is C18H18F3NO3S. The number of Topliss-reactive ketones (excluding diaryl/α,β-unsaturated/α-hetero) is 1. The molecule has 0 spiro atoms. The SMILES string of the molecule is CCC(=O)c1cccc(S(=O)(=O)N[C@](C)(c2ccccc2)C(F)(F)F)c1. The van der Waals surface area contributed by atoms with E-state index in [0.717, 1.165) is 19.1 Å². The fraction of sp³-hybridized carbons (Fsp3) is 0.278. The lowest BCUT2D eigenvalue weighted by molar-refractivity contribution is -0.189. The molecule has 1 atom stereocenters. The lowest BCUT2D eigenvalue weighted by atomic mass is 9.93. The fourth-order valence-corrected chi connectivity index (χ4v) is 3.85. The Morgan fingerprint density at radius 2 is 1.65 bits per heavy atom. The quantitative estimate of drug-likeness (QED) is 0.764. The van der Waals surface area contributed by atoms with Crippen molar-refractivity contribution in [1.29, 1.82) is 0 Å². The standard InChI is InChI=1S/C18H18F3NO3S/c1-3-16(23)13-8-7-11-15(12-13)26(24,25)22-17(2,18(19,20)21)14-9-5-4-6-10-14/h4-12,22H,3H2,1-2H3/t17-/m1/s1. The van der Waals surface area contributed by atoms with Crippen molar-refractivity contribution < 1.29 is 26.4 Å². The molecule has 0 bridgehead atoms. The van der Waals surface area contributed by atoms with Gasteiger partial charge in [-0.2, -0.15) is 17.9 Å². The van der Waals surface area contributed by atoms with Crippen LogP contribution in [0.4, 0.5) is 13.2 Å². The Hall–Kier alpha value is -2.19. The van der Waals surface area contributed by atoms with E-state index in [1.54, 1.807) is 11.6 Å². The predicted molar refractivity (Wildman–Crippen MR) is 91.2 cm³/mol. The highest BCUT2D eigenvalue weighted by molar-refractivity contribution is 7.89. The molecule has 0 fully saturated rings. The Morgan fingerprint density at radius 1 is 1.04 bits per heavy atom. The molecule has 2 aromatic rings. The molecule has 0 saturated carbocycles. The minimum atomic E-state index is -4.88. The number of carbonyl (C=O) groups excluding carboxylic acids is 1. The molecule has 0 aliphatic carbocycles. The minimum absolute atomic E-state index is 0.129. The number of nitrogens with one attached hydrogen (secondary N) is 1. The molecular weight excluding hydrogens is 367 g/mol. The van der Waals surface area contributed by atoms with Crippen LogP contribution in [0.5, 0.6) is 0 Å². The van der Waals surface area contributed by atoms with Crippen LogP contribution in [0, 0.1) is 0 Å². The fourth-order valence-electron chi connectivity index (χ4n) is 2.42. The molecule has 8 heteroatoms. The third-order valence-electron chi connectivity index (χ3n) is 4.04. The van der Waals surface area contributed by atoms with Crippen molar-refractivity contribution in [3.63, 3.8) is 0 Å². The van der Waals surface area contributed by atoms with Crippen LogP contribution in [0.25, 0.3) is 0 Å². The number of ketones is 1. The highest BCUT2D eigenvalue weighted by atomic mass is 32.2. The van der Waals surface area contributed by atoms with Gasteiger partial charge in [0.05, 0.1) is 4.90 Å². The van der Waals surface area contributed by atoms with Crippen LogP contribution in [-0.2, 0) is 15.6 Å². The Morgan fingerprint density at radius 3 is 2.19 bits per heavy atom. The Labute approximate surface area is 150 Å². The van der Waals surface area contributed by atoms with Gasteiger partial charge >= 0.3 is 6.18 Å². The molecule has 0 unspecified atom stereocenters. The molecule has 2 aromatic carbocycles. The maximum absolute atomic E-state index is 13.7. The number of carbonyl (C=O) groups is 1. The van der Waals surface area contributed by atoms with E-state index in [9.17, 15) is 26.4 Å². The lowest BCUT2D eigenvalue weighted by Gasteiger charge is -2.33. The van der Waals surface area contributed by atoms with Gasteiger partial charge in [0.1, 0.15) is 0 Å². The molecule has 2 rings (SSSR count). The first-order valence-electron chi connectivity index (χ1n) is 7.81. The Balaban J connectivity index is 2.50. The zero-order valence-corrected chi connectivity index (χ0v) is 15.0. The van der Waals surface area contributed by atoms with E-state index in [4.69, 9.17) is 0 Å². The summed E-state index contributed by atoms with van der Waals surface area (Å²) in [5, 5.41) is 0. The molecule has 0 aliphatic heterocycles. The van der Waals surface area contributed by atoms with Gasteiger partial charge in [-0.05, 0) is 24.6 Å². The van der Waals surface area contributed by atoms with Crippen molar-refractivity contribution >= 4 is 15.8 Å². The highest BCUT2D eigenvalue weighted by Crippen LogP contribution is 2.39. The second-order valence-corrected chi connectivity index (χ2v) is 7.58. The van der Waals surface area contributed by atoms with Gasteiger partial charge in [-0.3, -0.25) is 4.79 Å². The number of hydrogen-bond acceptors (Lipinski definition) is 3. The molecule has 0 aliphatic rings. The first-order valence-corrected chi connectivity index (χ1v) is 9.29. The number of sulfonamides is 1. The summed E-state index contributed by atoms with van der Waals surface area (Å²) in [4.78, 5) is 11.4. The molecule has 26 heavy (non-hydrogen) atoms. The van der Waals surface area contributed by atoms with E-state index >= 15 is 0 Å². The topological polar surface area (TPSA) is 63.2 Å². The molecule has 0 radical (unpaired) electrons. The number of hydrogen-bond donors (Lipinski definition) is 1. The van der Waals surface area contributed by atoms with Crippen LogP contribution in [0.2, 0.25) is 0 Å². The second-order valence-electron chi connectivity index (χ2n) is 5.90. The third kappa shape index (κ3) is 3.96. The van der Waals surface area contributed by atoms with E-state index in [-0.39, 0.29) is 23.3 Å². The van der Waals surface area contributed by atoms with Gasteiger partial charge in [-0.1, -0.05) is 49.4 Å². The zero-order chi connectivity index (χ0) is 19.6. The van der Waals surface area contributed by atoms with Gasteiger partial charge in [0.2, 0.25) is 10.0 Å². The Kier molecular flexibility index (Phi) is 5.58. The summed E-state index contributed by atoms with van der Waals surface area (Å²) in [5.74, 6) is -0.302. The molecule has 0 heterocycles. The van der Waals surface area contributed by atoms with E-state index < -0.39 is 26.6 Å². The zero-order valence-electron chi connectivity index (χ0n) is 14.2. The van der Waals surface area contributed by atoms with Crippen molar-refractivity contribution in [3.8, 4) is 0 Å². The van der Waals surface area contributed by atoms with Crippen LogP contribution in [-0.4, -0.2) is 20.4 Å². The van der Waals surface area contributed by atoms with Crippen molar-refractivity contribution in [2.45, 2.75) is 36.9 Å². The van der Waals surface area contributed by atoms with E-state index in [1.165, 1.54) is 42.5 Å². The van der Waals surface area contributed by atoms with Crippen LogP contribution in [0.3, 0.4) is 0 Å². The first kappa shape index (κ1) is 20.1. The molecule has 4 nitrogen and oxygen atoms in total. The average Bonchev–Trinajstić information content (AvgIpc) is 2.60. The number of alkyl halides is 3. The second kappa shape index (κ2) is 7.20. The predicted octanol–water partition coefficient (Wildman–Crippen LogP) is 4.04. The normalized spacial score (nSPS) is 14.7.